The Bertz CT molecular complexity index is 564. The molecule has 100 valence electrons. The maximum atomic E-state index is 11.6. The molecule has 2 aromatic rings. The predicted octanol–water partition coefficient (Wildman–Crippen LogP) is 0.397. The molecular weight excluding hydrogens is 268 g/mol. The molecule has 8 heteroatoms. The van der Waals surface area contributed by atoms with Gasteiger partial charge in [-0.05, 0) is 11.4 Å². The van der Waals surface area contributed by atoms with Crippen LogP contribution in [-0.4, -0.2) is 38.5 Å². The minimum Gasteiger partial charge on any atom is -0.476 e. The van der Waals surface area contributed by atoms with Gasteiger partial charge in [-0.15, -0.1) is 16.4 Å². The van der Waals surface area contributed by atoms with Crippen LogP contribution in [0.4, 0.5) is 0 Å². The molecule has 19 heavy (non-hydrogen) atoms. The first kappa shape index (κ1) is 13.2. The Kier molecular flexibility index (Phi) is 4.24. The van der Waals surface area contributed by atoms with Crippen LogP contribution in [-0.2, 0) is 17.8 Å². The summed E-state index contributed by atoms with van der Waals surface area (Å²) in [5.41, 5.74) is -0.107. The lowest BCUT2D eigenvalue weighted by Crippen LogP contribution is -2.28. The first-order valence-electron chi connectivity index (χ1n) is 5.57. The molecule has 2 N–H and O–H groups in total. The van der Waals surface area contributed by atoms with Gasteiger partial charge in [-0.1, -0.05) is 11.3 Å². The smallest absolute Gasteiger partial charge is 0.358 e. The zero-order chi connectivity index (χ0) is 13.7. The van der Waals surface area contributed by atoms with Gasteiger partial charge in [0.05, 0.1) is 19.2 Å². The van der Waals surface area contributed by atoms with E-state index in [4.69, 9.17) is 5.11 Å². The maximum absolute atomic E-state index is 11.6. The summed E-state index contributed by atoms with van der Waals surface area (Å²) in [4.78, 5) is 23.2. The Labute approximate surface area is 112 Å². The van der Waals surface area contributed by atoms with Crippen LogP contribution in [0.15, 0.2) is 23.7 Å². The monoisotopic (exact) mass is 280 g/mol. The molecule has 7 nitrogen and oxygen atoms in total. The van der Waals surface area contributed by atoms with E-state index in [0.717, 1.165) is 4.88 Å². The van der Waals surface area contributed by atoms with E-state index in [9.17, 15) is 9.59 Å². The first-order chi connectivity index (χ1) is 9.15. The number of hydrogen-bond acceptors (Lipinski definition) is 5. The van der Waals surface area contributed by atoms with Crippen molar-refractivity contribution in [3.05, 3.63) is 34.3 Å². The van der Waals surface area contributed by atoms with Crippen LogP contribution in [0.3, 0.4) is 0 Å². The van der Waals surface area contributed by atoms with Gasteiger partial charge < -0.3 is 10.4 Å². The molecule has 0 aliphatic rings. The Hall–Kier alpha value is -2.22. The third kappa shape index (κ3) is 3.88. The van der Waals surface area contributed by atoms with Crippen LogP contribution < -0.4 is 5.32 Å². The van der Waals surface area contributed by atoms with Crippen molar-refractivity contribution in [1.29, 1.82) is 0 Å². The molecule has 2 rings (SSSR count). The number of aromatic nitrogens is 3. The molecular formula is C11H12N4O3S. The summed E-state index contributed by atoms with van der Waals surface area (Å²) in [5.74, 6) is -1.19. The molecule has 2 heterocycles. The van der Waals surface area contributed by atoms with Crippen molar-refractivity contribution in [2.75, 3.05) is 6.54 Å². The highest BCUT2D eigenvalue weighted by molar-refractivity contribution is 7.10. The van der Waals surface area contributed by atoms with E-state index in [0.29, 0.717) is 19.5 Å². The second-order valence-corrected chi connectivity index (χ2v) is 4.81. The van der Waals surface area contributed by atoms with Crippen LogP contribution in [0, 0.1) is 0 Å². The molecule has 0 unspecified atom stereocenters. The number of carbonyl (C=O) groups is 2. The zero-order valence-corrected chi connectivity index (χ0v) is 10.8. The van der Waals surface area contributed by atoms with Crippen molar-refractivity contribution in [3.8, 4) is 0 Å². The standard InChI is InChI=1S/C11H12N4O3S/c16-10(6-8-2-1-5-19-8)12-3-4-15-7-9(11(17)18)13-14-15/h1-2,5,7H,3-4,6H2,(H,12,16)(H,17,18). The van der Waals surface area contributed by atoms with E-state index >= 15 is 0 Å². The Balaban J connectivity index is 1.73. The molecule has 0 aliphatic carbocycles. The fourth-order valence-electron chi connectivity index (χ4n) is 1.45. The molecule has 0 saturated heterocycles. The van der Waals surface area contributed by atoms with E-state index in [1.54, 1.807) is 0 Å². The number of amides is 1. The van der Waals surface area contributed by atoms with Gasteiger partial charge in [0.1, 0.15) is 0 Å². The van der Waals surface area contributed by atoms with Gasteiger partial charge in [0, 0.05) is 11.4 Å². The summed E-state index contributed by atoms with van der Waals surface area (Å²) in [7, 11) is 0. The number of nitrogens with one attached hydrogen (secondary N) is 1. The van der Waals surface area contributed by atoms with Gasteiger partial charge in [-0.25, -0.2) is 9.48 Å². The SMILES string of the molecule is O=C(Cc1cccs1)NCCn1cc(C(=O)O)nn1. The Morgan fingerprint density at radius 1 is 1.47 bits per heavy atom. The number of rotatable bonds is 6. The average Bonchev–Trinajstić information content (AvgIpc) is 3.00. The third-order valence-electron chi connectivity index (χ3n) is 2.34. The van der Waals surface area contributed by atoms with Crippen molar-refractivity contribution >= 4 is 23.2 Å². The van der Waals surface area contributed by atoms with E-state index in [1.165, 1.54) is 22.2 Å². The number of aromatic carboxylic acids is 1. The number of carbonyl (C=O) groups excluding carboxylic acids is 1. The highest BCUT2D eigenvalue weighted by Gasteiger charge is 2.08. The Morgan fingerprint density at radius 2 is 2.32 bits per heavy atom. The van der Waals surface area contributed by atoms with Crippen molar-refractivity contribution in [1.82, 2.24) is 20.3 Å². The van der Waals surface area contributed by atoms with Crippen molar-refractivity contribution in [2.24, 2.45) is 0 Å². The number of carboxylic acid groups (broad SMARTS) is 1. The van der Waals surface area contributed by atoms with Gasteiger partial charge in [-0.2, -0.15) is 0 Å². The summed E-state index contributed by atoms with van der Waals surface area (Å²) >= 11 is 1.53. The van der Waals surface area contributed by atoms with E-state index < -0.39 is 5.97 Å². The normalized spacial score (nSPS) is 10.3. The minimum absolute atomic E-state index is 0.0685. The lowest BCUT2D eigenvalue weighted by atomic mass is 10.3. The van der Waals surface area contributed by atoms with Crippen molar-refractivity contribution < 1.29 is 14.7 Å². The highest BCUT2D eigenvalue weighted by atomic mass is 32.1. The van der Waals surface area contributed by atoms with Gasteiger partial charge in [0.2, 0.25) is 5.91 Å². The minimum atomic E-state index is -1.12. The van der Waals surface area contributed by atoms with E-state index in [-0.39, 0.29) is 11.6 Å². The topological polar surface area (TPSA) is 97.1 Å². The summed E-state index contributed by atoms with van der Waals surface area (Å²) in [6.07, 6.45) is 1.68. The molecule has 2 aromatic heterocycles. The van der Waals surface area contributed by atoms with E-state index in [1.807, 2.05) is 17.5 Å². The fourth-order valence-corrected chi connectivity index (χ4v) is 2.15. The summed E-state index contributed by atoms with van der Waals surface area (Å²) in [6, 6.07) is 3.80. The van der Waals surface area contributed by atoms with Crippen molar-refractivity contribution in [3.63, 3.8) is 0 Å². The number of nitrogens with zero attached hydrogens (tertiary/aromatic N) is 3. The molecule has 0 aliphatic heterocycles. The fraction of sp³-hybridized carbons (Fsp3) is 0.273. The number of carboxylic acids is 1. The van der Waals surface area contributed by atoms with Gasteiger partial charge >= 0.3 is 5.97 Å². The van der Waals surface area contributed by atoms with Crippen LogP contribution in [0.2, 0.25) is 0 Å². The molecule has 0 radical (unpaired) electrons. The highest BCUT2D eigenvalue weighted by Crippen LogP contribution is 2.08. The maximum Gasteiger partial charge on any atom is 0.358 e. The second kappa shape index (κ2) is 6.10. The largest absolute Gasteiger partial charge is 0.476 e. The third-order valence-corrected chi connectivity index (χ3v) is 3.21. The zero-order valence-electron chi connectivity index (χ0n) is 9.94. The average molecular weight is 280 g/mol. The quantitative estimate of drug-likeness (QED) is 0.798. The lowest BCUT2D eigenvalue weighted by Gasteiger charge is -2.03. The van der Waals surface area contributed by atoms with Crippen LogP contribution in [0.1, 0.15) is 15.4 Å². The summed E-state index contributed by atoms with van der Waals surface area (Å²) in [5, 5.41) is 20.5. The van der Waals surface area contributed by atoms with Crippen LogP contribution in [0.5, 0.6) is 0 Å². The molecule has 0 atom stereocenters. The Morgan fingerprint density at radius 3 is 2.95 bits per heavy atom. The molecule has 0 bridgehead atoms. The molecule has 0 aromatic carbocycles. The molecule has 1 amide bonds. The summed E-state index contributed by atoms with van der Waals surface area (Å²) in [6.45, 7) is 0.767. The second-order valence-electron chi connectivity index (χ2n) is 3.78. The van der Waals surface area contributed by atoms with Crippen LogP contribution in [0.25, 0.3) is 0 Å². The predicted molar refractivity (Wildman–Crippen MR) is 68.0 cm³/mol. The van der Waals surface area contributed by atoms with Gasteiger partial charge in [-0.3, -0.25) is 4.79 Å². The van der Waals surface area contributed by atoms with Crippen LogP contribution >= 0.6 is 11.3 Å². The van der Waals surface area contributed by atoms with E-state index in [2.05, 4.69) is 15.6 Å². The first-order valence-corrected chi connectivity index (χ1v) is 6.45. The molecule has 0 saturated carbocycles. The number of hydrogen-bond donors (Lipinski definition) is 2. The molecule has 0 spiro atoms. The van der Waals surface area contributed by atoms with Gasteiger partial charge in [0.25, 0.3) is 0 Å². The van der Waals surface area contributed by atoms with Crippen molar-refractivity contribution in [2.45, 2.75) is 13.0 Å². The summed E-state index contributed by atoms with van der Waals surface area (Å²) < 4.78 is 1.38. The number of thiophene rings is 1. The molecule has 0 fully saturated rings. The van der Waals surface area contributed by atoms with Gasteiger partial charge in [0.15, 0.2) is 5.69 Å². The lowest BCUT2D eigenvalue weighted by molar-refractivity contribution is -0.120.